The minimum absolute atomic E-state index is 0.0819. The van der Waals surface area contributed by atoms with Crippen molar-refractivity contribution in [3.8, 4) is 0 Å². The van der Waals surface area contributed by atoms with Crippen molar-refractivity contribution < 1.29 is 18.3 Å². The number of likely N-dealkylation sites (N-methyl/N-ethyl adjacent to an activating group) is 1. The number of aryl methyl sites for hydroxylation is 2. The van der Waals surface area contributed by atoms with E-state index in [1.165, 1.54) is 7.05 Å². The number of carboxylic acid groups (broad SMARTS) is 1. The number of aliphatic carboxylic acids is 1. The van der Waals surface area contributed by atoms with E-state index in [0.29, 0.717) is 12.8 Å². The predicted molar refractivity (Wildman–Crippen MR) is 99.4 cm³/mol. The molecule has 9 heteroatoms. The predicted octanol–water partition coefficient (Wildman–Crippen LogP) is 1.96. The molecule has 0 bridgehead atoms. The maximum absolute atomic E-state index is 12.5. The van der Waals surface area contributed by atoms with Crippen LogP contribution in [0.2, 0.25) is 0 Å². The third-order valence-electron chi connectivity index (χ3n) is 4.27. The lowest BCUT2D eigenvalue weighted by atomic mass is 10.0. The molecule has 0 saturated carbocycles. The Morgan fingerprint density at radius 3 is 2.69 bits per heavy atom. The van der Waals surface area contributed by atoms with Crippen molar-refractivity contribution in [3.63, 3.8) is 0 Å². The minimum atomic E-state index is -3.67. The lowest BCUT2D eigenvalue weighted by Gasteiger charge is -2.25. The highest BCUT2D eigenvalue weighted by atomic mass is 32.2. The second-order valence-corrected chi connectivity index (χ2v) is 9.04. The Morgan fingerprint density at radius 2 is 2.08 bits per heavy atom. The van der Waals surface area contributed by atoms with Crippen LogP contribution in [0.4, 0.5) is 0 Å². The Labute approximate surface area is 153 Å². The van der Waals surface area contributed by atoms with E-state index < -0.39 is 22.0 Å². The Hall–Kier alpha value is -2.00. The maximum atomic E-state index is 12.5. The standard InChI is InChI=1S/C17H26N4O4S/c1-11(2)10-15(17(22)23)21(4)26(24,25)9-5-6-13-16-14(7-8-18-13)19-12(3)20-16/h7-8,11,15H,5-6,9-10H2,1-4H3,(H,19,20)(H,22,23)/t15-/m0/s1. The quantitative estimate of drug-likeness (QED) is 0.685. The lowest BCUT2D eigenvalue weighted by Crippen LogP contribution is -2.44. The monoisotopic (exact) mass is 382 g/mol. The van der Waals surface area contributed by atoms with E-state index >= 15 is 0 Å². The molecule has 26 heavy (non-hydrogen) atoms. The van der Waals surface area contributed by atoms with Gasteiger partial charge in [0.25, 0.3) is 0 Å². The van der Waals surface area contributed by atoms with Gasteiger partial charge in [-0.1, -0.05) is 13.8 Å². The fourth-order valence-corrected chi connectivity index (χ4v) is 4.27. The van der Waals surface area contributed by atoms with Crippen molar-refractivity contribution in [2.24, 2.45) is 5.92 Å². The van der Waals surface area contributed by atoms with Crippen LogP contribution in [0.15, 0.2) is 12.3 Å². The number of aromatic amines is 1. The first kappa shape index (κ1) is 20.3. The minimum Gasteiger partial charge on any atom is -0.480 e. The molecule has 0 spiro atoms. The molecule has 0 amide bonds. The highest BCUT2D eigenvalue weighted by molar-refractivity contribution is 7.89. The van der Waals surface area contributed by atoms with Crippen molar-refractivity contribution >= 4 is 27.0 Å². The number of imidazole rings is 1. The van der Waals surface area contributed by atoms with Crippen LogP contribution in [-0.4, -0.2) is 57.6 Å². The van der Waals surface area contributed by atoms with Crippen molar-refractivity contribution in [3.05, 3.63) is 23.8 Å². The van der Waals surface area contributed by atoms with Crippen LogP contribution in [-0.2, 0) is 21.2 Å². The Kier molecular flexibility index (Phi) is 6.35. The van der Waals surface area contributed by atoms with Gasteiger partial charge in [0.05, 0.1) is 17.0 Å². The van der Waals surface area contributed by atoms with E-state index in [2.05, 4.69) is 15.0 Å². The smallest absolute Gasteiger partial charge is 0.322 e. The van der Waals surface area contributed by atoms with Crippen molar-refractivity contribution in [1.82, 2.24) is 19.3 Å². The van der Waals surface area contributed by atoms with Gasteiger partial charge < -0.3 is 10.1 Å². The highest BCUT2D eigenvalue weighted by Crippen LogP contribution is 2.18. The number of carbonyl (C=O) groups is 1. The molecule has 0 aliphatic heterocycles. The second kappa shape index (κ2) is 8.13. The number of nitrogens with zero attached hydrogens (tertiary/aromatic N) is 3. The first-order valence-corrected chi connectivity index (χ1v) is 10.2. The number of carboxylic acids is 1. The molecule has 8 nitrogen and oxygen atoms in total. The number of nitrogens with one attached hydrogen (secondary N) is 1. The molecule has 2 aromatic rings. The van der Waals surface area contributed by atoms with Gasteiger partial charge in [-0.2, -0.15) is 4.31 Å². The number of hydrogen-bond donors (Lipinski definition) is 2. The van der Waals surface area contributed by atoms with Gasteiger partial charge in [0.2, 0.25) is 10.0 Å². The first-order chi connectivity index (χ1) is 12.1. The average molecular weight is 382 g/mol. The zero-order chi connectivity index (χ0) is 19.5. The van der Waals surface area contributed by atoms with Gasteiger partial charge in [-0.05, 0) is 38.2 Å². The average Bonchev–Trinajstić information content (AvgIpc) is 2.92. The zero-order valence-corrected chi connectivity index (χ0v) is 16.4. The van der Waals surface area contributed by atoms with Gasteiger partial charge in [-0.3, -0.25) is 9.78 Å². The summed E-state index contributed by atoms with van der Waals surface area (Å²) in [6.07, 6.45) is 2.74. The van der Waals surface area contributed by atoms with Crippen molar-refractivity contribution in [1.29, 1.82) is 0 Å². The van der Waals surface area contributed by atoms with Crippen LogP contribution in [0.25, 0.3) is 11.0 Å². The summed E-state index contributed by atoms with van der Waals surface area (Å²) in [5.41, 5.74) is 2.36. The van der Waals surface area contributed by atoms with Gasteiger partial charge in [0.15, 0.2) is 0 Å². The topological polar surface area (TPSA) is 116 Å². The van der Waals surface area contributed by atoms with E-state index in [9.17, 15) is 18.3 Å². The van der Waals surface area contributed by atoms with Gasteiger partial charge in [0, 0.05) is 13.2 Å². The van der Waals surface area contributed by atoms with Crippen LogP contribution in [0.5, 0.6) is 0 Å². The van der Waals surface area contributed by atoms with E-state index in [4.69, 9.17) is 0 Å². The molecular weight excluding hydrogens is 356 g/mol. The van der Waals surface area contributed by atoms with E-state index in [1.54, 1.807) is 6.20 Å². The Bertz CT molecular complexity index is 876. The van der Waals surface area contributed by atoms with Crippen LogP contribution in [0, 0.1) is 12.8 Å². The Morgan fingerprint density at radius 1 is 1.38 bits per heavy atom. The van der Waals surface area contributed by atoms with Crippen LogP contribution in [0.1, 0.15) is 38.2 Å². The Balaban J connectivity index is 2.05. The molecule has 0 saturated heterocycles. The van der Waals surface area contributed by atoms with Crippen molar-refractivity contribution in [2.75, 3.05) is 12.8 Å². The lowest BCUT2D eigenvalue weighted by molar-refractivity contribution is -0.141. The summed E-state index contributed by atoms with van der Waals surface area (Å²) in [4.78, 5) is 23.3. The highest BCUT2D eigenvalue weighted by Gasteiger charge is 2.31. The fraction of sp³-hybridized carbons (Fsp3) is 0.588. The third kappa shape index (κ3) is 4.79. The number of sulfonamides is 1. The van der Waals surface area contributed by atoms with E-state index in [0.717, 1.165) is 26.9 Å². The number of hydrogen-bond acceptors (Lipinski definition) is 5. The van der Waals surface area contributed by atoms with Gasteiger partial charge in [0.1, 0.15) is 17.4 Å². The molecule has 0 unspecified atom stereocenters. The summed E-state index contributed by atoms with van der Waals surface area (Å²) < 4.78 is 26.1. The SMILES string of the molecule is Cc1nc2c(CCCS(=O)(=O)N(C)[C@@H](CC(C)C)C(=O)O)nccc2[nH]1. The summed E-state index contributed by atoms with van der Waals surface area (Å²) in [7, 11) is -2.33. The third-order valence-corrected chi connectivity index (χ3v) is 6.21. The second-order valence-electron chi connectivity index (χ2n) is 6.90. The van der Waals surface area contributed by atoms with Crippen molar-refractivity contribution in [2.45, 2.75) is 46.1 Å². The molecule has 0 aliphatic carbocycles. The molecule has 144 valence electrons. The molecule has 2 heterocycles. The summed E-state index contributed by atoms with van der Waals surface area (Å²) in [6.45, 7) is 5.59. The normalized spacial score (nSPS) is 13.6. The molecule has 0 radical (unpaired) electrons. The molecular formula is C17H26N4O4S. The molecule has 2 rings (SSSR count). The summed E-state index contributed by atoms with van der Waals surface area (Å²) in [5, 5.41) is 9.35. The number of rotatable bonds is 9. The fourth-order valence-electron chi connectivity index (χ4n) is 2.91. The van der Waals surface area contributed by atoms with Crippen LogP contribution >= 0.6 is 0 Å². The molecule has 0 aliphatic rings. The number of pyridine rings is 1. The molecule has 2 aromatic heterocycles. The number of fused-ring (bicyclic) bond motifs is 1. The van der Waals surface area contributed by atoms with Crippen LogP contribution in [0.3, 0.4) is 0 Å². The maximum Gasteiger partial charge on any atom is 0.322 e. The zero-order valence-electron chi connectivity index (χ0n) is 15.6. The molecule has 0 fully saturated rings. The molecule has 0 aromatic carbocycles. The van der Waals surface area contributed by atoms with E-state index in [1.807, 2.05) is 26.8 Å². The first-order valence-electron chi connectivity index (χ1n) is 8.60. The summed E-state index contributed by atoms with van der Waals surface area (Å²) >= 11 is 0. The largest absolute Gasteiger partial charge is 0.480 e. The summed E-state index contributed by atoms with van der Waals surface area (Å²) in [5.74, 6) is -0.395. The molecule has 1 atom stereocenters. The number of aromatic nitrogens is 3. The van der Waals surface area contributed by atoms with Crippen LogP contribution < -0.4 is 0 Å². The van der Waals surface area contributed by atoms with E-state index in [-0.39, 0.29) is 18.1 Å². The molecule has 2 N–H and O–H groups in total. The van der Waals surface area contributed by atoms with Gasteiger partial charge in [-0.25, -0.2) is 13.4 Å². The van der Waals surface area contributed by atoms with Gasteiger partial charge >= 0.3 is 5.97 Å². The number of H-pyrrole nitrogens is 1. The summed E-state index contributed by atoms with van der Waals surface area (Å²) in [6, 6.07) is 0.780. The van der Waals surface area contributed by atoms with Gasteiger partial charge in [-0.15, -0.1) is 0 Å².